The number of hydrogen-bond acceptors (Lipinski definition) is 2. The molecule has 4 heteroatoms. The number of amides is 1. The highest BCUT2D eigenvalue weighted by atomic mass is 16.4. The van der Waals surface area contributed by atoms with Gasteiger partial charge in [-0.05, 0) is 19.8 Å². The van der Waals surface area contributed by atoms with E-state index in [4.69, 9.17) is 0 Å². The van der Waals surface area contributed by atoms with Gasteiger partial charge in [0.05, 0.1) is 5.41 Å². The fourth-order valence-electron chi connectivity index (χ4n) is 2.12. The Hall–Kier alpha value is -1.06. The molecule has 15 heavy (non-hydrogen) atoms. The summed E-state index contributed by atoms with van der Waals surface area (Å²) in [5.74, 6) is -0.863. The smallest absolute Gasteiger partial charge is 0.311 e. The summed E-state index contributed by atoms with van der Waals surface area (Å²) in [5.41, 5.74) is -0.789. The highest BCUT2D eigenvalue weighted by molar-refractivity contribution is 5.79. The molecule has 1 rings (SSSR count). The normalized spacial score (nSPS) is 30.9. The Kier molecular flexibility index (Phi) is 3.72. The summed E-state index contributed by atoms with van der Waals surface area (Å²) in [6.07, 6.45) is 3.76. The Morgan fingerprint density at radius 2 is 2.13 bits per heavy atom. The summed E-state index contributed by atoms with van der Waals surface area (Å²) >= 11 is 0. The molecule has 0 aliphatic heterocycles. The molecule has 2 N–H and O–H groups in total. The van der Waals surface area contributed by atoms with Crippen molar-refractivity contribution in [2.45, 2.75) is 52.0 Å². The summed E-state index contributed by atoms with van der Waals surface area (Å²) in [7, 11) is 0. The lowest BCUT2D eigenvalue weighted by molar-refractivity contribution is -0.152. The molecule has 86 valence electrons. The van der Waals surface area contributed by atoms with E-state index in [1.165, 1.54) is 0 Å². The minimum atomic E-state index is -0.802. The first-order valence-corrected chi connectivity index (χ1v) is 5.53. The molecule has 2 unspecified atom stereocenters. The molecule has 1 amide bonds. The average Bonchev–Trinajstić information content (AvgIpc) is 2.21. The van der Waals surface area contributed by atoms with Gasteiger partial charge >= 0.3 is 5.97 Å². The van der Waals surface area contributed by atoms with E-state index in [-0.39, 0.29) is 11.9 Å². The molecule has 1 aliphatic carbocycles. The first-order chi connectivity index (χ1) is 7.00. The van der Waals surface area contributed by atoms with Crippen molar-refractivity contribution in [3.05, 3.63) is 0 Å². The first-order valence-electron chi connectivity index (χ1n) is 5.53. The predicted octanol–water partition coefficient (Wildman–Crippen LogP) is 1.55. The highest BCUT2D eigenvalue weighted by Crippen LogP contribution is 2.36. The number of carbonyl (C=O) groups is 2. The molecule has 4 nitrogen and oxygen atoms in total. The van der Waals surface area contributed by atoms with Gasteiger partial charge in [-0.3, -0.25) is 9.59 Å². The lowest BCUT2D eigenvalue weighted by Crippen LogP contribution is -2.52. The average molecular weight is 213 g/mol. The Morgan fingerprint density at radius 3 is 2.67 bits per heavy atom. The van der Waals surface area contributed by atoms with Crippen molar-refractivity contribution in [2.24, 2.45) is 5.41 Å². The molecule has 2 atom stereocenters. The number of carbonyl (C=O) groups excluding carboxylic acids is 1. The van der Waals surface area contributed by atoms with Crippen molar-refractivity contribution < 1.29 is 14.7 Å². The van der Waals surface area contributed by atoms with E-state index in [1.54, 1.807) is 13.8 Å². The third kappa shape index (κ3) is 2.49. The highest BCUT2D eigenvalue weighted by Gasteiger charge is 2.43. The third-order valence-corrected chi connectivity index (χ3v) is 3.35. The van der Waals surface area contributed by atoms with Crippen LogP contribution >= 0.6 is 0 Å². The molecule has 0 heterocycles. The Balaban J connectivity index is 2.74. The zero-order valence-electron chi connectivity index (χ0n) is 9.38. The van der Waals surface area contributed by atoms with E-state index in [9.17, 15) is 14.7 Å². The molecule has 0 bridgehead atoms. The van der Waals surface area contributed by atoms with E-state index in [0.29, 0.717) is 12.8 Å². The molecular formula is C11H19NO3. The fourth-order valence-corrected chi connectivity index (χ4v) is 2.12. The number of carboxylic acid groups (broad SMARTS) is 1. The van der Waals surface area contributed by atoms with Gasteiger partial charge in [-0.15, -0.1) is 0 Å². The maximum absolute atomic E-state index is 11.3. The monoisotopic (exact) mass is 213 g/mol. The summed E-state index contributed by atoms with van der Waals surface area (Å²) < 4.78 is 0. The van der Waals surface area contributed by atoms with Crippen LogP contribution in [0.2, 0.25) is 0 Å². The third-order valence-electron chi connectivity index (χ3n) is 3.35. The summed E-state index contributed by atoms with van der Waals surface area (Å²) in [5, 5.41) is 12.0. The van der Waals surface area contributed by atoms with E-state index in [2.05, 4.69) is 5.32 Å². The number of aliphatic carboxylic acids is 1. The second-order valence-corrected chi connectivity index (χ2v) is 4.44. The molecule has 0 aromatic heterocycles. The van der Waals surface area contributed by atoms with Crippen LogP contribution in [-0.2, 0) is 9.59 Å². The number of rotatable bonds is 3. The van der Waals surface area contributed by atoms with Crippen molar-refractivity contribution >= 4 is 11.9 Å². The Morgan fingerprint density at radius 1 is 1.47 bits per heavy atom. The van der Waals surface area contributed by atoms with Crippen molar-refractivity contribution in [2.75, 3.05) is 0 Å². The minimum Gasteiger partial charge on any atom is -0.481 e. The number of carboxylic acids is 1. The van der Waals surface area contributed by atoms with E-state index >= 15 is 0 Å². The van der Waals surface area contributed by atoms with E-state index < -0.39 is 11.4 Å². The molecule has 0 aromatic rings. The molecule has 0 aromatic carbocycles. The van der Waals surface area contributed by atoms with Crippen LogP contribution < -0.4 is 5.32 Å². The van der Waals surface area contributed by atoms with E-state index in [0.717, 1.165) is 19.3 Å². The van der Waals surface area contributed by atoms with Gasteiger partial charge < -0.3 is 10.4 Å². The lowest BCUT2D eigenvalue weighted by atomic mass is 9.71. The van der Waals surface area contributed by atoms with Crippen LogP contribution in [0.25, 0.3) is 0 Å². The molecular weight excluding hydrogens is 194 g/mol. The van der Waals surface area contributed by atoms with Crippen LogP contribution in [0.1, 0.15) is 46.0 Å². The maximum atomic E-state index is 11.3. The van der Waals surface area contributed by atoms with Crippen LogP contribution in [-0.4, -0.2) is 23.0 Å². The van der Waals surface area contributed by atoms with Crippen LogP contribution in [0.5, 0.6) is 0 Å². The zero-order valence-corrected chi connectivity index (χ0v) is 9.38. The minimum absolute atomic E-state index is 0.0608. The first kappa shape index (κ1) is 12.0. The fraction of sp³-hybridized carbons (Fsp3) is 0.818. The van der Waals surface area contributed by atoms with Crippen LogP contribution in [0.3, 0.4) is 0 Å². The Labute approximate surface area is 90.0 Å². The maximum Gasteiger partial charge on any atom is 0.311 e. The lowest BCUT2D eigenvalue weighted by Gasteiger charge is -2.38. The van der Waals surface area contributed by atoms with Gasteiger partial charge in [-0.25, -0.2) is 0 Å². The van der Waals surface area contributed by atoms with Crippen molar-refractivity contribution in [3.8, 4) is 0 Å². The molecule has 0 radical (unpaired) electrons. The van der Waals surface area contributed by atoms with Gasteiger partial charge in [-0.2, -0.15) is 0 Å². The largest absolute Gasteiger partial charge is 0.481 e. The van der Waals surface area contributed by atoms with Gasteiger partial charge in [0.25, 0.3) is 0 Å². The van der Waals surface area contributed by atoms with Crippen molar-refractivity contribution in [1.29, 1.82) is 0 Å². The van der Waals surface area contributed by atoms with E-state index in [1.807, 2.05) is 0 Å². The van der Waals surface area contributed by atoms with Gasteiger partial charge in [0.15, 0.2) is 0 Å². The summed E-state index contributed by atoms with van der Waals surface area (Å²) in [4.78, 5) is 22.5. The van der Waals surface area contributed by atoms with Gasteiger partial charge in [0, 0.05) is 12.5 Å². The number of nitrogens with one attached hydrogen (secondary N) is 1. The number of hydrogen-bond donors (Lipinski definition) is 2. The predicted molar refractivity (Wildman–Crippen MR) is 56.4 cm³/mol. The van der Waals surface area contributed by atoms with Gasteiger partial charge in [-0.1, -0.05) is 19.8 Å². The topological polar surface area (TPSA) is 66.4 Å². The van der Waals surface area contributed by atoms with Crippen LogP contribution in [0.4, 0.5) is 0 Å². The van der Waals surface area contributed by atoms with Gasteiger partial charge in [0.2, 0.25) is 5.91 Å². The Bertz CT molecular complexity index is 265. The standard InChI is InChI=1S/C11H19NO3/c1-3-9(13)12-8-6-4-5-7-11(8,2)10(14)15/h8H,3-7H2,1-2H3,(H,12,13)(H,14,15). The SMILES string of the molecule is CCC(=O)NC1CCCCC1(C)C(=O)O. The summed E-state index contributed by atoms with van der Waals surface area (Å²) in [6.45, 7) is 3.51. The molecule has 1 saturated carbocycles. The van der Waals surface area contributed by atoms with Crippen molar-refractivity contribution in [1.82, 2.24) is 5.32 Å². The quantitative estimate of drug-likeness (QED) is 0.747. The molecule has 0 saturated heterocycles. The van der Waals surface area contributed by atoms with Crippen LogP contribution in [0.15, 0.2) is 0 Å². The van der Waals surface area contributed by atoms with Crippen LogP contribution in [0, 0.1) is 5.41 Å². The van der Waals surface area contributed by atoms with Gasteiger partial charge in [0.1, 0.15) is 0 Å². The molecule has 1 aliphatic rings. The van der Waals surface area contributed by atoms with Crippen molar-refractivity contribution in [3.63, 3.8) is 0 Å². The zero-order chi connectivity index (χ0) is 11.5. The second kappa shape index (κ2) is 4.64. The summed E-state index contributed by atoms with van der Waals surface area (Å²) in [6, 6.07) is -0.212. The molecule has 0 spiro atoms. The second-order valence-electron chi connectivity index (χ2n) is 4.44. The molecule has 1 fully saturated rings.